The minimum Gasteiger partial charge on any atom is -0.346 e. The third kappa shape index (κ3) is 1.81. The summed E-state index contributed by atoms with van der Waals surface area (Å²) in [5.74, 6) is -0.725. The summed E-state index contributed by atoms with van der Waals surface area (Å²) in [6, 6.07) is 0. The summed E-state index contributed by atoms with van der Waals surface area (Å²) in [5, 5.41) is 4.34. The number of nitrogens with zero attached hydrogens (tertiary/aromatic N) is 3. The first-order valence-electron chi connectivity index (χ1n) is 5.86. The van der Waals surface area contributed by atoms with Gasteiger partial charge in [-0.15, -0.1) is 0 Å². The van der Waals surface area contributed by atoms with E-state index >= 15 is 0 Å². The third-order valence-electron chi connectivity index (χ3n) is 3.39. The molecule has 6 nitrogen and oxygen atoms in total. The van der Waals surface area contributed by atoms with Gasteiger partial charge in [0.2, 0.25) is 0 Å². The standard InChI is InChI=1S/C11H14ClN3O3/c1-14-9(8(12)6-13-14)10(16)15-3-2-11(7-15)17-4-5-18-11/h6H,2-5,7H2,1H3. The molecule has 3 heterocycles. The van der Waals surface area contributed by atoms with Gasteiger partial charge in [-0.2, -0.15) is 5.10 Å². The third-order valence-corrected chi connectivity index (χ3v) is 3.67. The van der Waals surface area contributed by atoms with Crippen molar-refractivity contribution in [3.8, 4) is 0 Å². The Bertz CT molecular complexity index is 462. The van der Waals surface area contributed by atoms with Crippen LogP contribution in [0.3, 0.4) is 0 Å². The molecule has 0 unspecified atom stereocenters. The van der Waals surface area contributed by atoms with E-state index in [9.17, 15) is 4.79 Å². The van der Waals surface area contributed by atoms with Gasteiger partial charge in [0.15, 0.2) is 5.79 Å². The first-order valence-corrected chi connectivity index (χ1v) is 6.24. The molecule has 98 valence electrons. The number of ether oxygens (including phenoxy) is 2. The van der Waals surface area contributed by atoms with Gasteiger partial charge < -0.3 is 14.4 Å². The van der Waals surface area contributed by atoms with E-state index in [2.05, 4.69) is 5.10 Å². The predicted octanol–water partition coefficient (Wildman–Crippen LogP) is 0.663. The molecule has 0 aromatic carbocycles. The van der Waals surface area contributed by atoms with E-state index in [1.54, 1.807) is 11.9 Å². The highest BCUT2D eigenvalue weighted by Gasteiger charge is 2.45. The van der Waals surface area contributed by atoms with Gasteiger partial charge in [-0.25, -0.2) is 0 Å². The van der Waals surface area contributed by atoms with Gasteiger partial charge >= 0.3 is 0 Å². The largest absolute Gasteiger partial charge is 0.346 e. The summed E-state index contributed by atoms with van der Waals surface area (Å²) in [6.07, 6.45) is 2.18. The van der Waals surface area contributed by atoms with Crippen LogP contribution in [-0.4, -0.2) is 52.7 Å². The predicted molar refractivity (Wildman–Crippen MR) is 63.4 cm³/mol. The fraction of sp³-hybridized carbons (Fsp3) is 0.636. The Morgan fingerprint density at radius 3 is 2.83 bits per heavy atom. The zero-order valence-corrected chi connectivity index (χ0v) is 10.8. The maximum atomic E-state index is 12.4. The van der Waals surface area contributed by atoms with Crippen LogP contribution in [0.15, 0.2) is 6.20 Å². The van der Waals surface area contributed by atoms with E-state index in [0.29, 0.717) is 43.4 Å². The van der Waals surface area contributed by atoms with E-state index in [1.807, 2.05) is 0 Å². The Labute approximate surface area is 109 Å². The Morgan fingerprint density at radius 1 is 1.50 bits per heavy atom. The lowest BCUT2D eigenvalue weighted by Crippen LogP contribution is -2.37. The van der Waals surface area contributed by atoms with Crippen molar-refractivity contribution in [2.24, 2.45) is 7.05 Å². The normalized spacial score (nSPS) is 22.0. The van der Waals surface area contributed by atoms with Crippen molar-refractivity contribution in [2.75, 3.05) is 26.3 Å². The average molecular weight is 272 g/mol. The topological polar surface area (TPSA) is 56.6 Å². The zero-order valence-electron chi connectivity index (χ0n) is 10.1. The number of halogens is 1. The van der Waals surface area contributed by atoms with Gasteiger partial charge in [0.1, 0.15) is 5.69 Å². The molecule has 0 bridgehead atoms. The molecule has 0 N–H and O–H groups in total. The number of carbonyl (C=O) groups excluding carboxylic acids is 1. The summed E-state index contributed by atoms with van der Waals surface area (Å²) in [6.45, 7) is 2.25. The van der Waals surface area contributed by atoms with Crippen LogP contribution < -0.4 is 0 Å². The molecule has 3 rings (SSSR count). The van der Waals surface area contributed by atoms with Crippen LogP contribution in [0.1, 0.15) is 16.9 Å². The quantitative estimate of drug-likeness (QED) is 0.753. The molecule has 2 saturated heterocycles. The number of carbonyl (C=O) groups is 1. The molecule has 0 saturated carbocycles. The van der Waals surface area contributed by atoms with Crippen LogP contribution in [0.2, 0.25) is 5.02 Å². The highest BCUT2D eigenvalue weighted by molar-refractivity contribution is 6.33. The summed E-state index contributed by atoms with van der Waals surface area (Å²) in [4.78, 5) is 14.1. The van der Waals surface area contributed by atoms with E-state index in [1.165, 1.54) is 10.9 Å². The first kappa shape index (κ1) is 12.0. The van der Waals surface area contributed by atoms with Crippen LogP contribution in [-0.2, 0) is 16.5 Å². The van der Waals surface area contributed by atoms with Crippen LogP contribution in [0, 0.1) is 0 Å². The lowest BCUT2D eigenvalue weighted by Gasteiger charge is -2.22. The summed E-state index contributed by atoms with van der Waals surface area (Å²) >= 11 is 5.98. The summed E-state index contributed by atoms with van der Waals surface area (Å²) < 4.78 is 12.7. The molecule has 1 aromatic heterocycles. The molecular formula is C11H14ClN3O3. The molecular weight excluding hydrogens is 258 g/mol. The Kier molecular flexibility index (Phi) is 2.80. The van der Waals surface area contributed by atoms with Crippen molar-refractivity contribution >= 4 is 17.5 Å². The molecule has 2 fully saturated rings. The lowest BCUT2D eigenvalue weighted by atomic mass is 10.2. The fourth-order valence-electron chi connectivity index (χ4n) is 2.46. The Balaban J connectivity index is 1.79. The maximum Gasteiger partial charge on any atom is 0.273 e. The summed E-state index contributed by atoms with van der Waals surface area (Å²) in [5.41, 5.74) is 0.409. The number of amides is 1. The molecule has 1 aromatic rings. The smallest absolute Gasteiger partial charge is 0.273 e. The Hall–Kier alpha value is -1.11. The number of hydrogen-bond donors (Lipinski definition) is 0. The molecule has 1 spiro atoms. The molecule has 7 heteroatoms. The van der Waals surface area contributed by atoms with Gasteiger partial charge in [0.25, 0.3) is 5.91 Å². The summed E-state index contributed by atoms with van der Waals surface area (Å²) in [7, 11) is 1.70. The second kappa shape index (κ2) is 4.22. The highest BCUT2D eigenvalue weighted by atomic mass is 35.5. The van der Waals surface area contributed by atoms with Gasteiger partial charge in [-0.05, 0) is 0 Å². The van der Waals surface area contributed by atoms with Crippen LogP contribution in [0.5, 0.6) is 0 Å². The minimum absolute atomic E-state index is 0.129. The van der Waals surface area contributed by atoms with Crippen molar-refractivity contribution in [1.82, 2.24) is 14.7 Å². The van der Waals surface area contributed by atoms with Crippen LogP contribution in [0.25, 0.3) is 0 Å². The van der Waals surface area contributed by atoms with Crippen LogP contribution >= 0.6 is 11.6 Å². The van der Waals surface area contributed by atoms with E-state index in [4.69, 9.17) is 21.1 Å². The molecule has 2 aliphatic heterocycles. The number of rotatable bonds is 1. The first-order chi connectivity index (χ1) is 8.61. The molecule has 0 radical (unpaired) electrons. The SMILES string of the molecule is Cn1ncc(Cl)c1C(=O)N1CCC2(C1)OCCO2. The number of aryl methyl sites for hydroxylation is 1. The average Bonchev–Trinajstić information content (AvgIpc) is 3.04. The van der Waals surface area contributed by atoms with Crippen molar-refractivity contribution in [1.29, 1.82) is 0 Å². The molecule has 2 aliphatic rings. The minimum atomic E-state index is -0.596. The second-order valence-electron chi connectivity index (χ2n) is 4.55. The van der Waals surface area contributed by atoms with Crippen molar-refractivity contribution in [3.63, 3.8) is 0 Å². The molecule has 0 aliphatic carbocycles. The molecule has 0 atom stereocenters. The van der Waals surface area contributed by atoms with Crippen LogP contribution in [0.4, 0.5) is 0 Å². The van der Waals surface area contributed by atoms with Crippen molar-refractivity contribution in [2.45, 2.75) is 12.2 Å². The number of aromatic nitrogens is 2. The van der Waals surface area contributed by atoms with Crippen molar-refractivity contribution in [3.05, 3.63) is 16.9 Å². The van der Waals surface area contributed by atoms with Gasteiger partial charge in [-0.1, -0.05) is 11.6 Å². The van der Waals surface area contributed by atoms with Gasteiger partial charge in [0, 0.05) is 20.0 Å². The van der Waals surface area contributed by atoms with E-state index in [0.717, 1.165) is 0 Å². The highest BCUT2D eigenvalue weighted by Crippen LogP contribution is 2.31. The monoisotopic (exact) mass is 271 g/mol. The van der Waals surface area contributed by atoms with Gasteiger partial charge in [-0.3, -0.25) is 9.48 Å². The number of likely N-dealkylation sites (tertiary alicyclic amines) is 1. The molecule has 1 amide bonds. The second-order valence-corrected chi connectivity index (χ2v) is 4.96. The van der Waals surface area contributed by atoms with Crippen molar-refractivity contribution < 1.29 is 14.3 Å². The van der Waals surface area contributed by atoms with Gasteiger partial charge in [0.05, 0.1) is 31.0 Å². The number of hydrogen-bond acceptors (Lipinski definition) is 4. The fourth-order valence-corrected chi connectivity index (χ4v) is 2.71. The maximum absolute atomic E-state index is 12.4. The lowest BCUT2D eigenvalue weighted by molar-refractivity contribution is -0.143. The molecule has 18 heavy (non-hydrogen) atoms. The zero-order chi connectivity index (χ0) is 12.8. The Morgan fingerprint density at radius 2 is 2.22 bits per heavy atom. The van der Waals surface area contributed by atoms with E-state index in [-0.39, 0.29) is 5.91 Å². The van der Waals surface area contributed by atoms with E-state index < -0.39 is 5.79 Å².